The number of hydrogen-bond donors (Lipinski definition) is 7. The lowest BCUT2D eigenvalue weighted by Gasteiger charge is -2.25. The number of aliphatic hydroxyl groups is 1. The van der Waals surface area contributed by atoms with Crippen LogP contribution in [0.1, 0.15) is 32.8 Å². The van der Waals surface area contributed by atoms with E-state index in [9.17, 15) is 34.5 Å². The van der Waals surface area contributed by atoms with Gasteiger partial charge in [-0.05, 0) is 30.5 Å². The van der Waals surface area contributed by atoms with E-state index >= 15 is 0 Å². The predicted octanol–water partition coefficient (Wildman–Crippen LogP) is -1.14. The zero-order chi connectivity index (χ0) is 24.4. The number of amides is 3. The molecular formula is C21H32N4O7. The van der Waals surface area contributed by atoms with E-state index in [1.165, 1.54) is 31.2 Å². The fraction of sp³-hybridized carbons (Fsp3) is 0.524. The van der Waals surface area contributed by atoms with Gasteiger partial charge in [-0.1, -0.05) is 32.4 Å². The van der Waals surface area contributed by atoms with Crippen LogP contribution in [-0.2, 0) is 25.6 Å². The van der Waals surface area contributed by atoms with Gasteiger partial charge in [0.15, 0.2) is 0 Å². The number of carboxylic acids is 1. The van der Waals surface area contributed by atoms with Crippen molar-refractivity contribution in [3.8, 4) is 5.75 Å². The molecule has 0 aliphatic rings. The summed E-state index contributed by atoms with van der Waals surface area (Å²) in [5.41, 5.74) is 6.19. The summed E-state index contributed by atoms with van der Waals surface area (Å²) in [5, 5.41) is 35.4. The molecule has 5 unspecified atom stereocenters. The first-order chi connectivity index (χ1) is 15.0. The molecule has 32 heavy (non-hydrogen) atoms. The maximum absolute atomic E-state index is 12.6. The number of aromatic hydroxyl groups is 1. The van der Waals surface area contributed by atoms with Crippen molar-refractivity contribution >= 4 is 23.7 Å². The van der Waals surface area contributed by atoms with E-state index in [2.05, 4.69) is 16.0 Å². The fourth-order valence-electron chi connectivity index (χ4n) is 2.76. The van der Waals surface area contributed by atoms with Crippen LogP contribution in [0.2, 0.25) is 0 Å². The average Bonchev–Trinajstić information content (AvgIpc) is 2.75. The molecular weight excluding hydrogens is 420 g/mol. The first-order valence-electron chi connectivity index (χ1n) is 10.3. The van der Waals surface area contributed by atoms with E-state index in [-0.39, 0.29) is 18.1 Å². The minimum atomic E-state index is -1.25. The Labute approximate surface area is 186 Å². The molecule has 1 rings (SSSR count). The third kappa shape index (κ3) is 8.52. The summed E-state index contributed by atoms with van der Waals surface area (Å²) in [6.07, 6.45) is -0.580. The number of rotatable bonds is 12. The number of carboxylic acid groups (broad SMARTS) is 1. The molecule has 1 aromatic rings. The second-order valence-corrected chi connectivity index (χ2v) is 7.68. The van der Waals surface area contributed by atoms with Gasteiger partial charge in [0.05, 0.1) is 12.6 Å². The standard InChI is InChI=1S/C21H32N4O7/c1-4-11(2)18(25-19(29)17(22)12(3)26)20(30)23-10-16(28)24-15(21(31)32)9-13-5-7-14(27)8-6-13/h5-8,11-12,15,17-18,26-27H,4,9-10,22H2,1-3H3,(H,23,30)(H,24,28)(H,25,29)(H,31,32). The zero-order valence-corrected chi connectivity index (χ0v) is 18.4. The summed E-state index contributed by atoms with van der Waals surface area (Å²) in [6.45, 7) is 4.41. The number of carbonyl (C=O) groups is 4. The molecule has 11 nitrogen and oxygen atoms in total. The van der Waals surface area contributed by atoms with Crippen molar-refractivity contribution in [3.05, 3.63) is 29.8 Å². The minimum absolute atomic E-state index is 0.0158. The van der Waals surface area contributed by atoms with Crippen LogP contribution in [0.3, 0.4) is 0 Å². The molecule has 178 valence electrons. The quantitative estimate of drug-likeness (QED) is 0.207. The van der Waals surface area contributed by atoms with Gasteiger partial charge in [0.25, 0.3) is 0 Å². The summed E-state index contributed by atoms with van der Waals surface area (Å²) in [7, 11) is 0. The zero-order valence-electron chi connectivity index (χ0n) is 18.4. The normalized spacial score (nSPS) is 15.5. The Morgan fingerprint density at radius 1 is 1.03 bits per heavy atom. The summed E-state index contributed by atoms with van der Waals surface area (Å²) < 4.78 is 0. The molecule has 0 spiro atoms. The lowest BCUT2D eigenvalue weighted by Crippen LogP contribution is -2.57. The fourth-order valence-corrected chi connectivity index (χ4v) is 2.76. The van der Waals surface area contributed by atoms with Gasteiger partial charge in [0, 0.05) is 6.42 Å². The molecule has 0 heterocycles. The van der Waals surface area contributed by atoms with E-state index in [0.717, 1.165) is 0 Å². The number of aliphatic hydroxyl groups excluding tert-OH is 1. The number of benzene rings is 1. The Hall–Kier alpha value is -3.18. The molecule has 5 atom stereocenters. The molecule has 0 aliphatic heterocycles. The van der Waals surface area contributed by atoms with E-state index in [1.54, 1.807) is 6.92 Å². The largest absolute Gasteiger partial charge is 0.508 e. The summed E-state index contributed by atoms with van der Waals surface area (Å²) in [4.78, 5) is 48.4. The van der Waals surface area contributed by atoms with E-state index in [4.69, 9.17) is 5.73 Å². The van der Waals surface area contributed by atoms with Crippen LogP contribution in [0.25, 0.3) is 0 Å². The third-order valence-corrected chi connectivity index (χ3v) is 5.05. The van der Waals surface area contributed by atoms with Crippen LogP contribution in [0.15, 0.2) is 24.3 Å². The molecule has 0 radical (unpaired) electrons. The number of nitrogens with two attached hydrogens (primary N) is 1. The van der Waals surface area contributed by atoms with Crippen molar-refractivity contribution in [1.82, 2.24) is 16.0 Å². The SMILES string of the molecule is CCC(C)C(NC(=O)C(N)C(C)O)C(=O)NCC(=O)NC(Cc1ccc(O)cc1)C(=O)O. The van der Waals surface area contributed by atoms with E-state index < -0.39 is 54.5 Å². The van der Waals surface area contributed by atoms with Gasteiger partial charge in [-0.25, -0.2) is 4.79 Å². The summed E-state index contributed by atoms with van der Waals surface area (Å²) in [5.74, 6) is -3.57. The Balaban J connectivity index is 2.71. The van der Waals surface area contributed by atoms with Gasteiger partial charge in [-0.15, -0.1) is 0 Å². The Kier molecular flexibility index (Phi) is 10.6. The first-order valence-corrected chi connectivity index (χ1v) is 10.3. The minimum Gasteiger partial charge on any atom is -0.508 e. The number of phenolic OH excluding ortho intramolecular Hbond substituents is 1. The molecule has 0 saturated heterocycles. The molecule has 0 bridgehead atoms. The average molecular weight is 453 g/mol. The molecule has 0 aliphatic carbocycles. The number of carbonyl (C=O) groups excluding carboxylic acids is 3. The smallest absolute Gasteiger partial charge is 0.326 e. The van der Waals surface area contributed by atoms with Gasteiger partial charge in [-0.3, -0.25) is 14.4 Å². The molecule has 8 N–H and O–H groups in total. The van der Waals surface area contributed by atoms with Gasteiger partial charge in [0.2, 0.25) is 17.7 Å². The number of phenols is 1. The highest BCUT2D eigenvalue weighted by atomic mass is 16.4. The Morgan fingerprint density at radius 3 is 2.12 bits per heavy atom. The molecule has 0 aromatic heterocycles. The monoisotopic (exact) mass is 452 g/mol. The number of aliphatic carboxylic acids is 1. The summed E-state index contributed by atoms with van der Waals surface area (Å²) >= 11 is 0. The second kappa shape index (κ2) is 12.6. The van der Waals surface area contributed by atoms with Crippen molar-refractivity contribution in [2.45, 2.75) is 57.8 Å². The van der Waals surface area contributed by atoms with Gasteiger partial charge in [-0.2, -0.15) is 0 Å². The van der Waals surface area contributed by atoms with Crippen LogP contribution in [-0.4, -0.2) is 69.8 Å². The molecule has 1 aromatic carbocycles. The third-order valence-electron chi connectivity index (χ3n) is 5.05. The molecule has 11 heteroatoms. The maximum Gasteiger partial charge on any atom is 0.326 e. The van der Waals surface area contributed by atoms with E-state index in [1.807, 2.05) is 6.92 Å². The lowest BCUT2D eigenvalue weighted by atomic mass is 9.97. The molecule has 3 amide bonds. The number of nitrogens with one attached hydrogen (secondary N) is 3. The second-order valence-electron chi connectivity index (χ2n) is 7.68. The Bertz CT molecular complexity index is 798. The maximum atomic E-state index is 12.6. The van der Waals surface area contributed by atoms with Crippen LogP contribution in [0.4, 0.5) is 0 Å². The molecule has 0 fully saturated rings. The predicted molar refractivity (Wildman–Crippen MR) is 115 cm³/mol. The highest BCUT2D eigenvalue weighted by Gasteiger charge is 2.29. The van der Waals surface area contributed by atoms with Gasteiger partial charge in [0.1, 0.15) is 23.9 Å². The van der Waals surface area contributed by atoms with Crippen LogP contribution < -0.4 is 21.7 Å². The van der Waals surface area contributed by atoms with Crippen LogP contribution in [0, 0.1) is 5.92 Å². The van der Waals surface area contributed by atoms with Crippen molar-refractivity contribution in [2.75, 3.05) is 6.54 Å². The van der Waals surface area contributed by atoms with Gasteiger partial charge >= 0.3 is 5.97 Å². The first kappa shape index (κ1) is 26.9. The Morgan fingerprint density at radius 2 is 1.62 bits per heavy atom. The van der Waals surface area contributed by atoms with E-state index in [0.29, 0.717) is 12.0 Å². The highest BCUT2D eigenvalue weighted by Crippen LogP contribution is 2.12. The van der Waals surface area contributed by atoms with Gasteiger partial charge < -0.3 is 37.0 Å². The van der Waals surface area contributed by atoms with Crippen molar-refractivity contribution in [3.63, 3.8) is 0 Å². The highest BCUT2D eigenvalue weighted by molar-refractivity contribution is 5.92. The topological polar surface area (TPSA) is 191 Å². The molecule has 0 saturated carbocycles. The van der Waals surface area contributed by atoms with Crippen molar-refractivity contribution < 1.29 is 34.5 Å². The number of hydrogen-bond acceptors (Lipinski definition) is 7. The summed E-state index contributed by atoms with van der Waals surface area (Å²) in [6, 6.07) is 2.45. The van der Waals surface area contributed by atoms with Crippen molar-refractivity contribution in [2.24, 2.45) is 11.7 Å². The van der Waals surface area contributed by atoms with Crippen LogP contribution in [0.5, 0.6) is 5.75 Å². The van der Waals surface area contributed by atoms with Crippen LogP contribution >= 0.6 is 0 Å². The van der Waals surface area contributed by atoms with Crippen molar-refractivity contribution in [1.29, 1.82) is 0 Å². The lowest BCUT2D eigenvalue weighted by molar-refractivity contribution is -0.141.